The molecule has 1 unspecified atom stereocenters. The van der Waals surface area contributed by atoms with Gasteiger partial charge in [0.2, 0.25) is 5.60 Å². The van der Waals surface area contributed by atoms with Gasteiger partial charge in [0.05, 0.1) is 30.8 Å². The lowest BCUT2D eigenvalue weighted by atomic mass is 10.0. The molecule has 1 saturated heterocycles. The highest BCUT2D eigenvalue weighted by molar-refractivity contribution is 5.90. The first-order valence-electron chi connectivity index (χ1n) is 8.91. The van der Waals surface area contributed by atoms with E-state index in [9.17, 15) is 19.7 Å². The first-order valence-corrected chi connectivity index (χ1v) is 8.91. The number of nitro groups is 1. The molecule has 0 aliphatic carbocycles. The highest BCUT2D eigenvalue weighted by atomic mass is 16.6. The SMILES string of the molecule is COC(=O)c1ccc([N+](=O)[O-])c(OC2(C(=O)NCc3ccccc3)CCOC2)c1. The third-order valence-corrected chi connectivity index (χ3v) is 4.58. The minimum absolute atomic E-state index is 0.0623. The van der Waals surface area contributed by atoms with Crippen LogP contribution in [0.2, 0.25) is 0 Å². The van der Waals surface area contributed by atoms with Crippen LogP contribution in [0.25, 0.3) is 0 Å². The van der Waals surface area contributed by atoms with E-state index in [0.717, 1.165) is 11.6 Å². The Bertz CT molecular complexity index is 908. The molecule has 1 amide bonds. The highest BCUT2D eigenvalue weighted by Crippen LogP contribution is 2.34. The van der Waals surface area contributed by atoms with Gasteiger partial charge in [0, 0.05) is 25.1 Å². The molecule has 0 saturated carbocycles. The zero-order valence-corrected chi connectivity index (χ0v) is 15.8. The predicted octanol–water partition coefficient (Wildman–Crippen LogP) is 2.24. The van der Waals surface area contributed by atoms with E-state index < -0.39 is 22.4 Å². The first-order chi connectivity index (χ1) is 13.9. The van der Waals surface area contributed by atoms with Crippen LogP contribution in [0.5, 0.6) is 5.75 Å². The monoisotopic (exact) mass is 400 g/mol. The van der Waals surface area contributed by atoms with E-state index in [1.807, 2.05) is 30.3 Å². The maximum Gasteiger partial charge on any atom is 0.337 e. The summed E-state index contributed by atoms with van der Waals surface area (Å²) < 4.78 is 15.9. The molecule has 0 radical (unpaired) electrons. The topological polar surface area (TPSA) is 117 Å². The minimum atomic E-state index is -1.44. The summed E-state index contributed by atoms with van der Waals surface area (Å²) in [4.78, 5) is 35.5. The summed E-state index contributed by atoms with van der Waals surface area (Å²) in [6.45, 7) is 0.478. The summed E-state index contributed by atoms with van der Waals surface area (Å²) >= 11 is 0. The molecule has 1 atom stereocenters. The van der Waals surface area contributed by atoms with Crippen LogP contribution >= 0.6 is 0 Å². The number of methoxy groups -OCH3 is 1. The fourth-order valence-corrected chi connectivity index (χ4v) is 2.99. The van der Waals surface area contributed by atoms with Crippen LogP contribution < -0.4 is 10.1 Å². The second kappa shape index (κ2) is 8.70. The number of rotatable bonds is 7. The van der Waals surface area contributed by atoms with Crippen molar-refractivity contribution in [1.29, 1.82) is 0 Å². The van der Waals surface area contributed by atoms with Gasteiger partial charge >= 0.3 is 11.7 Å². The molecule has 1 N–H and O–H groups in total. The quantitative estimate of drug-likeness (QED) is 0.430. The van der Waals surface area contributed by atoms with Gasteiger partial charge < -0.3 is 19.5 Å². The smallest absolute Gasteiger partial charge is 0.337 e. The predicted molar refractivity (Wildman–Crippen MR) is 102 cm³/mol. The van der Waals surface area contributed by atoms with Crippen LogP contribution in [0, 0.1) is 10.1 Å². The molecule has 0 aromatic heterocycles. The molecular formula is C20H20N2O7. The molecule has 1 aliphatic rings. The zero-order chi connectivity index (χ0) is 20.9. The van der Waals surface area contributed by atoms with Gasteiger partial charge in [-0.1, -0.05) is 30.3 Å². The first kappa shape index (κ1) is 20.3. The second-order valence-electron chi connectivity index (χ2n) is 6.50. The van der Waals surface area contributed by atoms with Gasteiger partial charge in [-0.2, -0.15) is 0 Å². The van der Waals surface area contributed by atoms with E-state index in [1.165, 1.54) is 19.2 Å². The van der Waals surface area contributed by atoms with Crippen LogP contribution in [0.4, 0.5) is 5.69 Å². The Morgan fingerprint density at radius 2 is 2.00 bits per heavy atom. The zero-order valence-electron chi connectivity index (χ0n) is 15.8. The Kier molecular flexibility index (Phi) is 6.08. The summed E-state index contributed by atoms with van der Waals surface area (Å²) in [6.07, 6.45) is 0.216. The fraction of sp³-hybridized carbons (Fsp3) is 0.300. The van der Waals surface area contributed by atoms with Gasteiger partial charge in [0.15, 0.2) is 5.75 Å². The van der Waals surface area contributed by atoms with Crippen molar-refractivity contribution in [2.75, 3.05) is 20.3 Å². The Labute approximate surface area is 166 Å². The normalized spacial score (nSPS) is 18.1. The molecule has 29 heavy (non-hydrogen) atoms. The largest absolute Gasteiger partial charge is 0.468 e. The third-order valence-electron chi connectivity index (χ3n) is 4.58. The van der Waals surface area contributed by atoms with E-state index >= 15 is 0 Å². The summed E-state index contributed by atoms with van der Waals surface area (Å²) in [5.74, 6) is -1.31. The summed E-state index contributed by atoms with van der Waals surface area (Å²) in [7, 11) is 1.20. The molecule has 1 fully saturated rings. The Morgan fingerprint density at radius 3 is 2.62 bits per heavy atom. The van der Waals surface area contributed by atoms with E-state index in [-0.39, 0.29) is 43.2 Å². The number of carbonyl (C=O) groups excluding carboxylic acids is 2. The molecule has 1 heterocycles. The fourth-order valence-electron chi connectivity index (χ4n) is 2.99. The third kappa shape index (κ3) is 4.52. The Balaban J connectivity index is 1.86. The molecule has 9 nitrogen and oxygen atoms in total. The summed E-state index contributed by atoms with van der Waals surface area (Å²) in [5, 5.41) is 14.2. The number of nitrogens with one attached hydrogen (secondary N) is 1. The van der Waals surface area contributed by atoms with Crippen molar-refractivity contribution in [1.82, 2.24) is 5.32 Å². The minimum Gasteiger partial charge on any atom is -0.468 e. The average Bonchev–Trinajstić information content (AvgIpc) is 3.21. The standard InChI is InChI=1S/C20H20N2O7/c1-27-18(23)15-7-8-16(22(25)26)17(11-15)29-20(9-10-28-13-20)19(24)21-12-14-5-3-2-4-6-14/h2-8,11H,9-10,12-13H2,1H3,(H,21,24). The van der Waals surface area contributed by atoms with Gasteiger partial charge in [-0.3, -0.25) is 14.9 Å². The second-order valence-corrected chi connectivity index (χ2v) is 6.50. The van der Waals surface area contributed by atoms with Gasteiger partial charge in [0.25, 0.3) is 5.91 Å². The number of ether oxygens (including phenoxy) is 3. The summed E-state index contributed by atoms with van der Waals surface area (Å²) in [5.41, 5.74) is -0.825. The molecule has 3 rings (SSSR count). The summed E-state index contributed by atoms with van der Waals surface area (Å²) in [6, 6.07) is 12.9. The van der Waals surface area contributed by atoms with Crippen LogP contribution in [0.15, 0.2) is 48.5 Å². The lowest BCUT2D eigenvalue weighted by Crippen LogP contribution is -2.51. The number of benzene rings is 2. The maximum absolute atomic E-state index is 12.9. The number of amides is 1. The molecule has 0 spiro atoms. The van der Waals surface area contributed by atoms with E-state index in [1.54, 1.807) is 0 Å². The maximum atomic E-state index is 12.9. The number of carbonyl (C=O) groups is 2. The molecule has 2 aromatic rings. The highest BCUT2D eigenvalue weighted by Gasteiger charge is 2.46. The van der Waals surface area contributed by atoms with Crippen molar-refractivity contribution in [3.63, 3.8) is 0 Å². The molecular weight excluding hydrogens is 380 g/mol. The van der Waals surface area contributed by atoms with Crippen molar-refractivity contribution in [2.45, 2.75) is 18.6 Å². The van der Waals surface area contributed by atoms with Crippen molar-refractivity contribution in [3.05, 3.63) is 69.8 Å². The van der Waals surface area contributed by atoms with E-state index in [0.29, 0.717) is 0 Å². The lowest BCUT2D eigenvalue weighted by Gasteiger charge is -2.27. The number of nitro benzene ring substituents is 1. The van der Waals surface area contributed by atoms with Crippen molar-refractivity contribution < 1.29 is 28.7 Å². The molecule has 9 heteroatoms. The van der Waals surface area contributed by atoms with Gasteiger partial charge in [-0.05, 0) is 11.6 Å². The molecule has 1 aliphatic heterocycles. The van der Waals surface area contributed by atoms with Crippen molar-refractivity contribution >= 4 is 17.6 Å². The number of hydrogen-bond donors (Lipinski definition) is 1. The van der Waals surface area contributed by atoms with Crippen LogP contribution in [0.3, 0.4) is 0 Å². The molecule has 2 aromatic carbocycles. The Morgan fingerprint density at radius 1 is 1.24 bits per heavy atom. The van der Waals surface area contributed by atoms with Gasteiger partial charge in [-0.15, -0.1) is 0 Å². The van der Waals surface area contributed by atoms with Gasteiger partial charge in [0.1, 0.15) is 0 Å². The number of esters is 1. The van der Waals surface area contributed by atoms with Gasteiger partial charge in [-0.25, -0.2) is 4.79 Å². The Hall–Kier alpha value is -3.46. The lowest BCUT2D eigenvalue weighted by molar-refractivity contribution is -0.386. The average molecular weight is 400 g/mol. The van der Waals surface area contributed by atoms with E-state index in [2.05, 4.69) is 10.1 Å². The molecule has 152 valence electrons. The molecule has 0 bridgehead atoms. The van der Waals surface area contributed by atoms with Crippen LogP contribution in [-0.4, -0.2) is 42.7 Å². The number of nitrogens with zero attached hydrogens (tertiary/aromatic N) is 1. The van der Waals surface area contributed by atoms with Crippen LogP contribution in [-0.2, 0) is 20.8 Å². The number of hydrogen-bond acceptors (Lipinski definition) is 7. The van der Waals surface area contributed by atoms with Crippen molar-refractivity contribution in [3.8, 4) is 5.75 Å². The van der Waals surface area contributed by atoms with Crippen molar-refractivity contribution in [2.24, 2.45) is 0 Å². The van der Waals surface area contributed by atoms with Crippen LogP contribution in [0.1, 0.15) is 22.3 Å². The van der Waals surface area contributed by atoms with E-state index in [4.69, 9.17) is 9.47 Å².